The molecule has 0 aliphatic rings. The zero-order chi connectivity index (χ0) is 15.6. The Kier molecular flexibility index (Phi) is 5.09. The van der Waals surface area contributed by atoms with Crippen LogP contribution < -0.4 is 10.6 Å². The largest absolute Gasteiger partial charge is 0.389 e. The number of hydrogen-bond acceptors (Lipinski definition) is 2. The SMILES string of the molecule is CC(c1cccc(Cl)c1)N(C)c1cccc(Cl)c1C(N)=S. The first kappa shape index (κ1) is 16.1. The van der Waals surface area contributed by atoms with Gasteiger partial charge in [0.1, 0.15) is 4.99 Å². The van der Waals surface area contributed by atoms with Crippen molar-refractivity contribution >= 4 is 46.1 Å². The first-order chi connectivity index (χ1) is 9.91. The molecule has 2 aromatic rings. The number of hydrogen-bond donors (Lipinski definition) is 1. The summed E-state index contributed by atoms with van der Waals surface area (Å²) in [6.45, 7) is 2.09. The summed E-state index contributed by atoms with van der Waals surface area (Å²) in [6, 6.07) is 13.5. The average Bonchev–Trinajstić information content (AvgIpc) is 2.45. The van der Waals surface area contributed by atoms with E-state index < -0.39 is 0 Å². The van der Waals surface area contributed by atoms with Crippen LogP contribution in [-0.2, 0) is 0 Å². The third kappa shape index (κ3) is 3.49. The summed E-state index contributed by atoms with van der Waals surface area (Å²) in [5.74, 6) is 0. The quantitative estimate of drug-likeness (QED) is 0.810. The molecular formula is C16H16Cl2N2S. The highest BCUT2D eigenvalue weighted by Crippen LogP contribution is 2.32. The summed E-state index contributed by atoms with van der Waals surface area (Å²) in [7, 11) is 1.99. The average molecular weight is 339 g/mol. The van der Waals surface area contributed by atoms with E-state index in [1.165, 1.54) is 0 Å². The zero-order valence-electron chi connectivity index (χ0n) is 11.8. The molecule has 2 rings (SSSR count). The van der Waals surface area contributed by atoms with Gasteiger partial charge in [-0.25, -0.2) is 0 Å². The molecule has 2 aromatic carbocycles. The van der Waals surface area contributed by atoms with Crippen molar-refractivity contribution in [2.75, 3.05) is 11.9 Å². The molecule has 5 heteroatoms. The Morgan fingerprint density at radius 3 is 2.48 bits per heavy atom. The third-order valence-corrected chi connectivity index (χ3v) is 4.28. The lowest BCUT2D eigenvalue weighted by molar-refractivity contribution is 0.739. The van der Waals surface area contributed by atoms with Gasteiger partial charge in [-0.3, -0.25) is 0 Å². The Balaban J connectivity index is 2.43. The van der Waals surface area contributed by atoms with Crippen LogP contribution >= 0.6 is 35.4 Å². The van der Waals surface area contributed by atoms with Crippen molar-refractivity contribution in [2.24, 2.45) is 5.73 Å². The van der Waals surface area contributed by atoms with Crippen molar-refractivity contribution < 1.29 is 0 Å². The van der Waals surface area contributed by atoms with Crippen LogP contribution in [-0.4, -0.2) is 12.0 Å². The summed E-state index contributed by atoms with van der Waals surface area (Å²) in [5, 5.41) is 1.28. The van der Waals surface area contributed by atoms with Gasteiger partial charge in [0.25, 0.3) is 0 Å². The Hall–Kier alpha value is -1.29. The molecule has 0 saturated heterocycles. The van der Waals surface area contributed by atoms with Crippen LogP contribution in [0.5, 0.6) is 0 Å². The molecule has 1 unspecified atom stereocenters. The molecule has 0 amide bonds. The lowest BCUT2D eigenvalue weighted by Crippen LogP contribution is -2.25. The van der Waals surface area contributed by atoms with Crippen LogP contribution in [0.15, 0.2) is 42.5 Å². The molecule has 2 N–H and O–H groups in total. The summed E-state index contributed by atoms with van der Waals surface area (Å²) in [4.78, 5) is 2.38. The minimum atomic E-state index is 0.107. The molecule has 0 fully saturated rings. The fourth-order valence-electron chi connectivity index (χ4n) is 2.25. The number of rotatable bonds is 4. The van der Waals surface area contributed by atoms with E-state index in [1.54, 1.807) is 6.07 Å². The van der Waals surface area contributed by atoms with Crippen molar-refractivity contribution in [3.63, 3.8) is 0 Å². The minimum Gasteiger partial charge on any atom is -0.389 e. The van der Waals surface area contributed by atoms with Crippen molar-refractivity contribution in [1.29, 1.82) is 0 Å². The molecular weight excluding hydrogens is 323 g/mol. The van der Waals surface area contributed by atoms with Crippen LogP contribution in [0, 0.1) is 0 Å². The molecule has 21 heavy (non-hydrogen) atoms. The highest BCUT2D eigenvalue weighted by atomic mass is 35.5. The Bertz CT molecular complexity index is 673. The highest BCUT2D eigenvalue weighted by molar-refractivity contribution is 7.80. The maximum Gasteiger partial charge on any atom is 0.107 e. The second-order valence-corrected chi connectivity index (χ2v) is 6.12. The second-order valence-electron chi connectivity index (χ2n) is 4.84. The minimum absolute atomic E-state index is 0.107. The van der Waals surface area contributed by atoms with E-state index in [0.29, 0.717) is 20.6 Å². The summed E-state index contributed by atoms with van der Waals surface area (Å²) < 4.78 is 0. The number of nitrogens with zero attached hydrogens (tertiary/aromatic N) is 1. The van der Waals surface area contributed by atoms with Gasteiger partial charge in [0.2, 0.25) is 0 Å². The Morgan fingerprint density at radius 2 is 1.86 bits per heavy atom. The zero-order valence-corrected chi connectivity index (χ0v) is 14.1. The van der Waals surface area contributed by atoms with Gasteiger partial charge in [0, 0.05) is 17.8 Å². The van der Waals surface area contributed by atoms with E-state index in [4.69, 9.17) is 41.2 Å². The normalized spacial score (nSPS) is 12.0. The molecule has 0 aliphatic carbocycles. The Labute approximate surface area is 140 Å². The lowest BCUT2D eigenvalue weighted by Gasteiger charge is -2.29. The number of benzene rings is 2. The third-order valence-electron chi connectivity index (χ3n) is 3.53. The number of thiocarbonyl (C=S) groups is 1. The lowest BCUT2D eigenvalue weighted by atomic mass is 10.0. The van der Waals surface area contributed by atoms with Gasteiger partial charge in [-0.05, 0) is 36.8 Å². The van der Waals surface area contributed by atoms with Crippen LogP contribution in [0.25, 0.3) is 0 Å². The summed E-state index contributed by atoms with van der Waals surface area (Å²) in [6.07, 6.45) is 0. The van der Waals surface area contributed by atoms with E-state index in [2.05, 4.69) is 11.8 Å². The van der Waals surface area contributed by atoms with Gasteiger partial charge in [0.15, 0.2) is 0 Å². The van der Waals surface area contributed by atoms with Crippen LogP contribution in [0.3, 0.4) is 0 Å². The smallest absolute Gasteiger partial charge is 0.107 e. The highest BCUT2D eigenvalue weighted by Gasteiger charge is 2.18. The van der Waals surface area contributed by atoms with E-state index in [0.717, 1.165) is 11.3 Å². The first-order valence-corrected chi connectivity index (χ1v) is 7.65. The molecule has 0 spiro atoms. The molecule has 1 atom stereocenters. The van der Waals surface area contributed by atoms with E-state index in [-0.39, 0.29) is 6.04 Å². The van der Waals surface area contributed by atoms with E-state index in [9.17, 15) is 0 Å². The van der Waals surface area contributed by atoms with Crippen LogP contribution in [0.1, 0.15) is 24.1 Å². The second kappa shape index (κ2) is 6.65. The monoisotopic (exact) mass is 338 g/mol. The first-order valence-electron chi connectivity index (χ1n) is 6.48. The summed E-state index contributed by atoms with van der Waals surface area (Å²) >= 11 is 17.4. The topological polar surface area (TPSA) is 29.3 Å². The fraction of sp³-hybridized carbons (Fsp3) is 0.188. The van der Waals surface area contributed by atoms with Crippen molar-refractivity contribution in [3.05, 3.63) is 63.6 Å². The van der Waals surface area contributed by atoms with Crippen LogP contribution in [0.2, 0.25) is 10.0 Å². The fourth-order valence-corrected chi connectivity index (χ4v) is 2.99. The predicted molar refractivity (Wildman–Crippen MR) is 95.6 cm³/mol. The van der Waals surface area contributed by atoms with Crippen molar-refractivity contribution in [3.8, 4) is 0 Å². The molecule has 0 bridgehead atoms. The maximum absolute atomic E-state index is 6.23. The molecule has 0 heterocycles. The van der Waals surface area contributed by atoms with Gasteiger partial charge >= 0.3 is 0 Å². The molecule has 0 radical (unpaired) electrons. The molecule has 110 valence electrons. The van der Waals surface area contributed by atoms with Crippen molar-refractivity contribution in [1.82, 2.24) is 0 Å². The van der Waals surface area contributed by atoms with Crippen molar-refractivity contribution in [2.45, 2.75) is 13.0 Å². The molecule has 0 aromatic heterocycles. The van der Waals surface area contributed by atoms with Gasteiger partial charge in [-0.1, -0.05) is 53.6 Å². The van der Waals surface area contributed by atoms with Gasteiger partial charge in [-0.2, -0.15) is 0 Å². The van der Waals surface area contributed by atoms with Gasteiger partial charge in [0.05, 0.1) is 16.6 Å². The number of nitrogens with two attached hydrogens (primary N) is 1. The van der Waals surface area contributed by atoms with Gasteiger partial charge < -0.3 is 10.6 Å². The Morgan fingerprint density at radius 1 is 1.19 bits per heavy atom. The molecule has 2 nitrogen and oxygen atoms in total. The predicted octanol–water partition coefficient (Wildman–Crippen LogP) is 4.83. The van der Waals surface area contributed by atoms with E-state index >= 15 is 0 Å². The number of halogens is 2. The maximum atomic E-state index is 6.23. The van der Waals surface area contributed by atoms with E-state index in [1.807, 2.05) is 43.4 Å². The number of anilines is 1. The molecule has 0 aliphatic heterocycles. The molecule has 0 saturated carbocycles. The standard InChI is InChI=1S/C16H16Cl2N2S/c1-10(11-5-3-6-12(17)9-11)20(2)14-8-4-7-13(18)15(14)16(19)21/h3-10H,1-2H3,(H2,19,21). The summed E-state index contributed by atoms with van der Waals surface area (Å²) in [5.41, 5.74) is 8.53. The van der Waals surface area contributed by atoms with Gasteiger partial charge in [-0.15, -0.1) is 0 Å². The van der Waals surface area contributed by atoms with Crippen LogP contribution in [0.4, 0.5) is 5.69 Å².